The second-order valence-electron chi connectivity index (χ2n) is 6.72. The first kappa shape index (κ1) is 18.9. The first-order chi connectivity index (χ1) is 13.0. The molecule has 0 aliphatic carbocycles. The number of benzene rings is 1. The maximum atomic E-state index is 12.8. The predicted octanol–water partition coefficient (Wildman–Crippen LogP) is 3.26. The van der Waals surface area contributed by atoms with E-state index >= 15 is 0 Å². The number of rotatable bonds is 7. The molecule has 0 saturated carbocycles. The topological polar surface area (TPSA) is 61.1 Å². The summed E-state index contributed by atoms with van der Waals surface area (Å²) >= 11 is 0. The van der Waals surface area contributed by atoms with Crippen LogP contribution < -0.4 is 5.32 Å². The van der Waals surface area contributed by atoms with Crippen LogP contribution >= 0.6 is 0 Å². The van der Waals surface area contributed by atoms with Gasteiger partial charge in [-0.3, -0.25) is 4.79 Å². The van der Waals surface area contributed by atoms with E-state index < -0.39 is 0 Å². The van der Waals surface area contributed by atoms with Crippen molar-refractivity contribution in [3.63, 3.8) is 0 Å². The summed E-state index contributed by atoms with van der Waals surface area (Å²) in [7, 11) is 3.63. The van der Waals surface area contributed by atoms with Crippen LogP contribution in [0, 0.1) is 13.8 Å². The second-order valence-corrected chi connectivity index (χ2v) is 6.72. The van der Waals surface area contributed by atoms with Crippen LogP contribution in [0.4, 0.5) is 0 Å². The van der Waals surface area contributed by atoms with Crippen molar-refractivity contribution in [2.24, 2.45) is 7.05 Å². The van der Waals surface area contributed by atoms with E-state index in [9.17, 15) is 4.79 Å². The van der Waals surface area contributed by atoms with Crippen molar-refractivity contribution in [1.29, 1.82) is 0 Å². The van der Waals surface area contributed by atoms with E-state index in [-0.39, 0.29) is 5.91 Å². The van der Waals surface area contributed by atoms with Crippen LogP contribution in [-0.4, -0.2) is 40.5 Å². The highest BCUT2D eigenvalue weighted by Crippen LogP contribution is 2.24. The molecule has 1 N–H and O–H groups in total. The fourth-order valence-electron chi connectivity index (χ4n) is 3.04. The van der Waals surface area contributed by atoms with Crippen LogP contribution in [-0.2, 0) is 11.8 Å². The quantitative estimate of drug-likeness (QED) is 0.653. The zero-order valence-corrected chi connectivity index (χ0v) is 16.3. The lowest BCUT2D eigenvalue weighted by Gasteiger charge is -2.11. The highest BCUT2D eigenvalue weighted by Gasteiger charge is 2.19. The number of amides is 1. The van der Waals surface area contributed by atoms with Crippen LogP contribution in [0.5, 0.6) is 0 Å². The van der Waals surface area contributed by atoms with Crippen molar-refractivity contribution in [2.75, 3.05) is 20.3 Å². The number of ether oxygens (including phenoxy) is 1. The number of nitrogens with zero attached hydrogens (tertiary/aromatic N) is 3. The van der Waals surface area contributed by atoms with Crippen LogP contribution in [0.3, 0.4) is 0 Å². The molecule has 3 aromatic rings. The van der Waals surface area contributed by atoms with Gasteiger partial charge in [-0.15, -0.1) is 0 Å². The summed E-state index contributed by atoms with van der Waals surface area (Å²) in [5, 5.41) is 7.73. The Balaban J connectivity index is 2.02. The number of carbonyl (C=O) groups is 1. The van der Waals surface area contributed by atoms with Gasteiger partial charge >= 0.3 is 0 Å². The van der Waals surface area contributed by atoms with Crippen LogP contribution in [0.2, 0.25) is 0 Å². The highest BCUT2D eigenvalue weighted by atomic mass is 16.5. The van der Waals surface area contributed by atoms with Gasteiger partial charge in [0.2, 0.25) is 0 Å². The Morgan fingerprint density at radius 3 is 2.74 bits per heavy atom. The van der Waals surface area contributed by atoms with Crippen LogP contribution in [0.1, 0.15) is 28.0 Å². The van der Waals surface area contributed by atoms with Gasteiger partial charge in [-0.2, -0.15) is 5.10 Å². The Morgan fingerprint density at radius 1 is 1.22 bits per heavy atom. The Morgan fingerprint density at radius 2 is 2.04 bits per heavy atom. The molecule has 6 nitrogen and oxygen atoms in total. The van der Waals surface area contributed by atoms with Crippen molar-refractivity contribution in [1.82, 2.24) is 19.7 Å². The zero-order chi connectivity index (χ0) is 19.4. The molecule has 0 atom stereocenters. The predicted molar refractivity (Wildman–Crippen MR) is 106 cm³/mol. The van der Waals surface area contributed by atoms with E-state index in [0.29, 0.717) is 18.8 Å². The molecule has 6 heteroatoms. The van der Waals surface area contributed by atoms with E-state index in [2.05, 4.69) is 23.5 Å². The molecule has 0 spiro atoms. The minimum Gasteiger partial charge on any atom is -0.385 e. The molecule has 0 bridgehead atoms. The lowest BCUT2D eigenvalue weighted by atomic mass is 10.1. The Bertz CT molecular complexity index is 940. The molecule has 0 radical (unpaired) electrons. The lowest BCUT2D eigenvalue weighted by molar-refractivity contribution is 0.0941. The lowest BCUT2D eigenvalue weighted by Crippen LogP contribution is -2.27. The van der Waals surface area contributed by atoms with Crippen molar-refractivity contribution in [3.05, 3.63) is 59.4 Å². The van der Waals surface area contributed by atoms with Gasteiger partial charge in [-0.25, -0.2) is 4.68 Å². The number of hydrogen-bond acceptors (Lipinski definition) is 3. The molecule has 0 fully saturated rings. The fourth-order valence-corrected chi connectivity index (χ4v) is 3.04. The molecule has 0 aliphatic rings. The van der Waals surface area contributed by atoms with Gasteiger partial charge in [0, 0.05) is 33.5 Å². The van der Waals surface area contributed by atoms with Gasteiger partial charge in [0.1, 0.15) is 11.4 Å². The average molecular weight is 366 g/mol. The third-order valence-corrected chi connectivity index (χ3v) is 4.55. The van der Waals surface area contributed by atoms with Gasteiger partial charge in [-0.1, -0.05) is 12.1 Å². The first-order valence-corrected chi connectivity index (χ1v) is 9.08. The molecule has 0 aliphatic heterocycles. The minimum absolute atomic E-state index is 0.139. The van der Waals surface area contributed by atoms with E-state index in [4.69, 9.17) is 9.84 Å². The fraction of sp³-hybridized carbons (Fsp3) is 0.333. The third-order valence-electron chi connectivity index (χ3n) is 4.55. The Labute approximate surface area is 159 Å². The maximum absolute atomic E-state index is 12.8. The number of hydrogen-bond donors (Lipinski definition) is 1. The molecule has 1 aromatic carbocycles. The first-order valence-electron chi connectivity index (χ1n) is 9.08. The summed E-state index contributed by atoms with van der Waals surface area (Å²) in [6, 6.07) is 12.0. The SMILES string of the molecule is COCCCNC(=O)c1cc(-c2cccn2C)nn1-c1cc(C)ccc1C. The molecular formula is C21H26N4O2. The third kappa shape index (κ3) is 4.11. The van der Waals surface area contributed by atoms with Gasteiger partial charge in [0.05, 0.1) is 11.4 Å². The monoisotopic (exact) mass is 366 g/mol. The van der Waals surface area contributed by atoms with Crippen molar-refractivity contribution >= 4 is 5.91 Å². The van der Waals surface area contributed by atoms with Gasteiger partial charge in [-0.05, 0) is 55.7 Å². The van der Waals surface area contributed by atoms with E-state index in [1.165, 1.54) is 0 Å². The Hall–Kier alpha value is -2.86. The summed E-state index contributed by atoms with van der Waals surface area (Å²) in [6.07, 6.45) is 2.74. The largest absolute Gasteiger partial charge is 0.385 e. The van der Waals surface area contributed by atoms with E-state index in [1.54, 1.807) is 11.8 Å². The van der Waals surface area contributed by atoms with Crippen molar-refractivity contribution in [2.45, 2.75) is 20.3 Å². The molecule has 3 rings (SSSR count). The van der Waals surface area contributed by atoms with Crippen molar-refractivity contribution < 1.29 is 9.53 Å². The van der Waals surface area contributed by atoms with Crippen LogP contribution in [0.25, 0.3) is 17.1 Å². The smallest absolute Gasteiger partial charge is 0.270 e. The molecule has 142 valence electrons. The second kappa shape index (κ2) is 8.22. The van der Waals surface area contributed by atoms with E-state index in [0.717, 1.165) is 34.6 Å². The molecule has 2 aromatic heterocycles. The normalized spacial score (nSPS) is 11.0. The standard InChI is InChI=1S/C21H26N4O2/c1-15-8-9-16(2)19(13-15)25-20(21(26)22-10-6-12-27-4)14-17(23-25)18-7-5-11-24(18)3/h5,7-9,11,13-14H,6,10,12H2,1-4H3,(H,22,26). The number of nitrogens with one attached hydrogen (secondary N) is 1. The van der Waals surface area contributed by atoms with E-state index in [1.807, 2.05) is 49.9 Å². The van der Waals surface area contributed by atoms with Crippen LogP contribution in [0.15, 0.2) is 42.6 Å². The molecule has 27 heavy (non-hydrogen) atoms. The summed E-state index contributed by atoms with van der Waals surface area (Å²) in [4.78, 5) is 12.8. The molecule has 0 unspecified atom stereocenters. The number of aromatic nitrogens is 3. The van der Waals surface area contributed by atoms with Crippen molar-refractivity contribution in [3.8, 4) is 17.1 Å². The summed E-state index contributed by atoms with van der Waals surface area (Å²) in [6.45, 7) is 5.24. The molecule has 2 heterocycles. The number of aryl methyl sites for hydroxylation is 3. The number of methoxy groups -OCH3 is 1. The minimum atomic E-state index is -0.139. The van der Waals surface area contributed by atoms with Gasteiger partial charge < -0.3 is 14.6 Å². The molecule has 1 amide bonds. The summed E-state index contributed by atoms with van der Waals surface area (Å²) in [5.41, 5.74) is 5.36. The summed E-state index contributed by atoms with van der Waals surface area (Å²) < 4.78 is 8.79. The van der Waals surface area contributed by atoms with Gasteiger partial charge in [0.15, 0.2) is 0 Å². The average Bonchev–Trinajstić information content (AvgIpc) is 3.26. The Kier molecular flexibility index (Phi) is 5.76. The zero-order valence-electron chi connectivity index (χ0n) is 16.3. The molecular weight excluding hydrogens is 340 g/mol. The van der Waals surface area contributed by atoms with Gasteiger partial charge in [0.25, 0.3) is 5.91 Å². The maximum Gasteiger partial charge on any atom is 0.270 e. The highest BCUT2D eigenvalue weighted by molar-refractivity contribution is 5.94. The number of carbonyl (C=O) groups excluding carboxylic acids is 1. The molecule has 0 saturated heterocycles. The summed E-state index contributed by atoms with van der Waals surface area (Å²) in [5.74, 6) is -0.139.